The third-order valence-electron chi connectivity index (χ3n) is 2.97. The predicted molar refractivity (Wildman–Crippen MR) is 91.2 cm³/mol. The van der Waals surface area contributed by atoms with Crippen LogP contribution in [0.1, 0.15) is 24.5 Å². The van der Waals surface area contributed by atoms with Crippen LogP contribution in [0.5, 0.6) is 0 Å². The molecule has 0 spiro atoms. The fraction of sp³-hybridized carbons (Fsp3) is 0.571. The quantitative estimate of drug-likeness (QED) is 0.603. The van der Waals surface area contributed by atoms with Crippen molar-refractivity contribution in [3.05, 3.63) is 30.4 Å². The average molecular weight is 488 g/mol. The van der Waals surface area contributed by atoms with Gasteiger partial charge in [-0.05, 0) is 82.6 Å². The van der Waals surface area contributed by atoms with Gasteiger partial charge in [0.1, 0.15) is 0 Å². The minimum absolute atomic E-state index is 0.217. The van der Waals surface area contributed by atoms with Crippen LogP contribution >= 0.6 is 45.2 Å². The van der Waals surface area contributed by atoms with E-state index < -0.39 is 0 Å². The molecule has 1 saturated heterocycles. The number of aryl methyl sites for hydroxylation is 1. The van der Waals surface area contributed by atoms with E-state index in [4.69, 9.17) is 14.2 Å². The van der Waals surface area contributed by atoms with Crippen molar-refractivity contribution in [2.24, 2.45) is 0 Å². The molecule has 2 rings (SSSR count). The molecule has 19 heavy (non-hydrogen) atoms. The van der Waals surface area contributed by atoms with Gasteiger partial charge in [0.2, 0.25) is 0 Å². The Hall–Kier alpha value is 0.560. The summed E-state index contributed by atoms with van der Waals surface area (Å²) in [5, 5.41) is 0. The second-order valence-electron chi connectivity index (χ2n) is 4.77. The molecule has 0 saturated carbocycles. The average Bonchev–Trinajstić information content (AvgIpc) is 2.35. The van der Waals surface area contributed by atoms with E-state index in [2.05, 4.69) is 71.2 Å². The summed E-state index contributed by atoms with van der Waals surface area (Å²) in [6, 6.07) is 4.36. The summed E-state index contributed by atoms with van der Waals surface area (Å²) in [6.07, 6.45) is 1.01. The summed E-state index contributed by atoms with van der Waals surface area (Å²) < 4.78 is 19.4. The maximum atomic E-state index is 5.74. The minimum Gasteiger partial charge on any atom is -0.371 e. The minimum atomic E-state index is -0.217. The molecule has 2 atom stereocenters. The van der Waals surface area contributed by atoms with E-state index in [0.29, 0.717) is 13.2 Å². The zero-order valence-electron chi connectivity index (χ0n) is 11.1. The molecule has 1 aliphatic heterocycles. The van der Waals surface area contributed by atoms with Gasteiger partial charge in [-0.25, -0.2) is 0 Å². The van der Waals surface area contributed by atoms with Crippen LogP contribution in [0.4, 0.5) is 0 Å². The molecule has 3 nitrogen and oxygen atoms in total. The summed E-state index contributed by atoms with van der Waals surface area (Å²) >= 11 is 4.73. The molecule has 0 N–H and O–H groups in total. The van der Waals surface area contributed by atoms with Gasteiger partial charge in [-0.15, -0.1) is 0 Å². The first kappa shape index (κ1) is 15.9. The van der Waals surface area contributed by atoms with E-state index in [1.807, 2.05) is 0 Å². The molecule has 1 aromatic carbocycles. The van der Waals surface area contributed by atoms with Gasteiger partial charge in [0.15, 0.2) is 6.29 Å². The van der Waals surface area contributed by atoms with E-state index in [9.17, 15) is 0 Å². The van der Waals surface area contributed by atoms with Crippen molar-refractivity contribution in [2.45, 2.75) is 39.3 Å². The van der Waals surface area contributed by atoms with Crippen molar-refractivity contribution >= 4 is 45.2 Å². The van der Waals surface area contributed by atoms with Crippen LogP contribution in [-0.4, -0.2) is 25.6 Å². The summed E-state index contributed by atoms with van der Waals surface area (Å²) in [6.45, 7) is 6.03. The van der Waals surface area contributed by atoms with Crippen molar-refractivity contribution in [1.29, 1.82) is 0 Å². The standard InChI is InChI=1S/C14H18I2O3/c1-9-5-11(14(16)12(15)6-9)7-17-8-13-18-4-3-10(2)19-13/h5-6,10,13H,3-4,7-8H2,1-2H3. The second kappa shape index (κ2) is 7.53. The van der Waals surface area contributed by atoms with Gasteiger partial charge in [-0.1, -0.05) is 6.07 Å². The first-order chi connectivity index (χ1) is 9.06. The number of ether oxygens (including phenoxy) is 3. The van der Waals surface area contributed by atoms with Crippen LogP contribution in [0, 0.1) is 14.1 Å². The topological polar surface area (TPSA) is 27.7 Å². The van der Waals surface area contributed by atoms with Gasteiger partial charge >= 0.3 is 0 Å². The molecule has 0 bridgehead atoms. The molecule has 2 unspecified atom stereocenters. The summed E-state index contributed by atoms with van der Waals surface area (Å²) in [5.74, 6) is 0. The van der Waals surface area contributed by atoms with Gasteiger partial charge in [0.05, 0.1) is 25.9 Å². The van der Waals surface area contributed by atoms with Crippen LogP contribution in [0.25, 0.3) is 0 Å². The lowest BCUT2D eigenvalue weighted by Crippen LogP contribution is -2.33. The van der Waals surface area contributed by atoms with Crippen LogP contribution in [0.15, 0.2) is 12.1 Å². The molecule has 1 aliphatic rings. The predicted octanol–water partition coefficient (Wildman–Crippen LogP) is 3.87. The maximum Gasteiger partial charge on any atom is 0.181 e. The third-order valence-corrected chi connectivity index (χ3v) is 6.13. The summed E-state index contributed by atoms with van der Waals surface area (Å²) in [7, 11) is 0. The molecule has 1 heterocycles. The highest BCUT2D eigenvalue weighted by Gasteiger charge is 2.19. The number of rotatable bonds is 4. The van der Waals surface area contributed by atoms with E-state index in [1.165, 1.54) is 18.3 Å². The Kier molecular flexibility index (Phi) is 6.32. The Balaban J connectivity index is 1.85. The fourth-order valence-corrected chi connectivity index (χ4v) is 3.29. The van der Waals surface area contributed by atoms with Crippen LogP contribution in [-0.2, 0) is 20.8 Å². The number of hydrogen-bond donors (Lipinski definition) is 0. The van der Waals surface area contributed by atoms with E-state index >= 15 is 0 Å². The number of benzene rings is 1. The lowest BCUT2D eigenvalue weighted by molar-refractivity contribution is -0.229. The molecular formula is C14H18I2O3. The SMILES string of the molecule is Cc1cc(I)c(I)c(COCC2OCCC(C)O2)c1. The molecule has 0 aromatic heterocycles. The van der Waals surface area contributed by atoms with E-state index in [1.54, 1.807) is 0 Å². The summed E-state index contributed by atoms with van der Waals surface area (Å²) in [5.41, 5.74) is 2.50. The van der Waals surface area contributed by atoms with Gasteiger partial charge in [0, 0.05) is 7.14 Å². The fourth-order valence-electron chi connectivity index (χ4n) is 1.99. The Morgan fingerprint density at radius 1 is 1.37 bits per heavy atom. The number of halogens is 2. The van der Waals surface area contributed by atoms with Crippen molar-refractivity contribution in [1.82, 2.24) is 0 Å². The van der Waals surface area contributed by atoms with Crippen LogP contribution < -0.4 is 0 Å². The Labute approximate surface area is 141 Å². The van der Waals surface area contributed by atoms with Crippen molar-refractivity contribution in [3.8, 4) is 0 Å². The molecule has 0 aliphatic carbocycles. The third kappa shape index (κ3) is 4.80. The largest absolute Gasteiger partial charge is 0.371 e. The first-order valence-electron chi connectivity index (χ1n) is 6.35. The van der Waals surface area contributed by atoms with Gasteiger partial charge in [-0.3, -0.25) is 0 Å². The molecular weight excluding hydrogens is 470 g/mol. The van der Waals surface area contributed by atoms with Crippen LogP contribution in [0.3, 0.4) is 0 Å². The highest BCUT2D eigenvalue weighted by atomic mass is 127. The van der Waals surface area contributed by atoms with Crippen molar-refractivity contribution in [2.75, 3.05) is 13.2 Å². The molecule has 5 heteroatoms. The zero-order chi connectivity index (χ0) is 13.8. The number of hydrogen-bond acceptors (Lipinski definition) is 3. The first-order valence-corrected chi connectivity index (χ1v) is 8.51. The Bertz CT molecular complexity index is 437. The molecule has 0 radical (unpaired) electrons. The zero-order valence-corrected chi connectivity index (χ0v) is 15.4. The molecule has 106 valence electrons. The van der Waals surface area contributed by atoms with Crippen molar-refractivity contribution in [3.63, 3.8) is 0 Å². The normalized spacial score (nSPS) is 23.6. The lowest BCUT2D eigenvalue weighted by atomic mass is 10.1. The highest BCUT2D eigenvalue weighted by Crippen LogP contribution is 2.22. The van der Waals surface area contributed by atoms with Crippen LogP contribution in [0.2, 0.25) is 0 Å². The molecule has 1 aromatic rings. The van der Waals surface area contributed by atoms with Gasteiger partial charge in [-0.2, -0.15) is 0 Å². The van der Waals surface area contributed by atoms with Gasteiger partial charge in [0.25, 0.3) is 0 Å². The Morgan fingerprint density at radius 2 is 2.16 bits per heavy atom. The molecule has 0 amide bonds. The monoisotopic (exact) mass is 488 g/mol. The lowest BCUT2D eigenvalue weighted by Gasteiger charge is -2.27. The smallest absolute Gasteiger partial charge is 0.181 e. The maximum absolute atomic E-state index is 5.74. The summed E-state index contributed by atoms with van der Waals surface area (Å²) in [4.78, 5) is 0. The highest BCUT2D eigenvalue weighted by molar-refractivity contribution is 14.1. The second-order valence-corrected chi connectivity index (χ2v) is 7.01. The Morgan fingerprint density at radius 3 is 2.89 bits per heavy atom. The van der Waals surface area contributed by atoms with Crippen molar-refractivity contribution < 1.29 is 14.2 Å². The van der Waals surface area contributed by atoms with E-state index in [0.717, 1.165) is 13.0 Å². The molecule has 1 fully saturated rings. The van der Waals surface area contributed by atoms with Gasteiger partial charge < -0.3 is 14.2 Å². The van der Waals surface area contributed by atoms with E-state index in [-0.39, 0.29) is 12.4 Å².